The van der Waals surface area contributed by atoms with E-state index in [1.165, 1.54) is 5.56 Å². The standard InChI is InChI=1S/C16H27ClN2/c1-5-11-18-16(10-12-19(4)13(2)3)14-6-8-15(17)9-7-14/h6-9,13,16,18H,5,10-12H2,1-4H3. The van der Waals surface area contributed by atoms with Gasteiger partial charge in [-0.3, -0.25) is 0 Å². The summed E-state index contributed by atoms with van der Waals surface area (Å²) in [6.07, 6.45) is 2.28. The second kappa shape index (κ2) is 8.57. The van der Waals surface area contributed by atoms with Gasteiger partial charge in [-0.2, -0.15) is 0 Å². The van der Waals surface area contributed by atoms with Crippen molar-refractivity contribution in [3.05, 3.63) is 34.9 Å². The lowest BCUT2D eigenvalue weighted by molar-refractivity contribution is 0.256. The zero-order valence-corrected chi connectivity index (χ0v) is 13.4. The van der Waals surface area contributed by atoms with Gasteiger partial charge in [-0.25, -0.2) is 0 Å². The Morgan fingerprint density at radius 2 is 1.84 bits per heavy atom. The van der Waals surface area contributed by atoms with Crippen LogP contribution in [-0.4, -0.2) is 31.1 Å². The second-order valence-corrected chi connectivity index (χ2v) is 5.86. The van der Waals surface area contributed by atoms with Gasteiger partial charge in [0.05, 0.1) is 0 Å². The molecule has 19 heavy (non-hydrogen) atoms. The summed E-state index contributed by atoms with van der Waals surface area (Å²) in [6.45, 7) is 8.82. The lowest BCUT2D eigenvalue weighted by Gasteiger charge is -2.25. The Labute approximate surface area is 123 Å². The molecule has 108 valence electrons. The molecule has 0 spiro atoms. The Hall–Kier alpha value is -0.570. The summed E-state index contributed by atoms with van der Waals surface area (Å²) in [5.74, 6) is 0. The van der Waals surface area contributed by atoms with Gasteiger partial charge >= 0.3 is 0 Å². The van der Waals surface area contributed by atoms with E-state index in [0.29, 0.717) is 12.1 Å². The highest BCUT2D eigenvalue weighted by atomic mass is 35.5. The Bertz CT molecular complexity index is 348. The fourth-order valence-corrected chi connectivity index (χ4v) is 2.12. The van der Waals surface area contributed by atoms with E-state index in [0.717, 1.165) is 31.0 Å². The van der Waals surface area contributed by atoms with Gasteiger partial charge < -0.3 is 10.2 Å². The first-order valence-corrected chi connectivity index (χ1v) is 7.61. The molecule has 0 bridgehead atoms. The van der Waals surface area contributed by atoms with Crippen molar-refractivity contribution in [2.75, 3.05) is 20.1 Å². The van der Waals surface area contributed by atoms with E-state index in [9.17, 15) is 0 Å². The van der Waals surface area contributed by atoms with E-state index in [4.69, 9.17) is 11.6 Å². The lowest BCUT2D eigenvalue weighted by Crippen LogP contribution is -2.31. The summed E-state index contributed by atoms with van der Waals surface area (Å²) in [7, 11) is 2.18. The average Bonchev–Trinajstić information content (AvgIpc) is 2.39. The predicted octanol–water partition coefficient (Wildman–Crippen LogP) is 4.11. The van der Waals surface area contributed by atoms with Crippen LogP contribution in [0.15, 0.2) is 24.3 Å². The molecule has 1 N–H and O–H groups in total. The minimum Gasteiger partial charge on any atom is -0.310 e. The van der Waals surface area contributed by atoms with Crippen molar-refractivity contribution in [1.82, 2.24) is 10.2 Å². The van der Waals surface area contributed by atoms with Crippen LogP contribution >= 0.6 is 11.6 Å². The van der Waals surface area contributed by atoms with Crippen LogP contribution in [0.1, 0.15) is 45.2 Å². The Balaban J connectivity index is 2.63. The molecule has 0 aromatic heterocycles. The third-order valence-electron chi connectivity index (χ3n) is 3.57. The van der Waals surface area contributed by atoms with Crippen LogP contribution in [0.5, 0.6) is 0 Å². The summed E-state index contributed by atoms with van der Waals surface area (Å²) in [6, 6.07) is 9.22. The molecular formula is C16H27ClN2. The zero-order valence-electron chi connectivity index (χ0n) is 12.6. The van der Waals surface area contributed by atoms with E-state index in [-0.39, 0.29) is 0 Å². The molecule has 1 unspecified atom stereocenters. The molecule has 0 aliphatic heterocycles. The molecule has 3 heteroatoms. The minimum absolute atomic E-state index is 0.415. The Morgan fingerprint density at radius 1 is 1.21 bits per heavy atom. The number of benzene rings is 1. The molecule has 0 aliphatic rings. The van der Waals surface area contributed by atoms with Gasteiger partial charge in [0, 0.05) is 17.1 Å². The Morgan fingerprint density at radius 3 is 2.37 bits per heavy atom. The first kappa shape index (κ1) is 16.5. The van der Waals surface area contributed by atoms with Crippen molar-refractivity contribution in [3.63, 3.8) is 0 Å². The number of rotatable bonds is 8. The van der Waals surface area contributed by atoms with E-state index >= 15 is 0 Å². The van der Waals surface area contributed by atoms with E-state index < -0.39 is 0 Å². The number of nitrogens with one attached hydrogen (secondary N) is 1. The van der Waals surface area contributed by atoms with Crippen molar-refractivity contribution in [2.45, 2.75) is 45.7 Å². The highest BCUT2D eigenvalue weighted by Gasteiger charge is 2.12. The van der Waals surface area contributed by atoms with Crippen LogP contribution in [0.3, 0.4) is 0 Å². The molecule has 0 amide bonds. The molecule has 1 atom stereocenters. The SMILES string of the molecule is CCCNC(CCN(C)C(C)C)c1ccc(Cl)cc1. The summed E-state index contributed by atoms with van der Waals surface area (Å²) in [5.41, 5.74) is 1.33. The van der Waals surface area contributed by atoms with Crippen molar-refractivity contribution >= 4 is 11.6 Å². The summed E-state index contributed by atoms with van der Waals surface area (Å²) in [5, 5.41) is 4.43. The first-order chi connectivity index (χ1) is 9.04. The molecule has 1 aromatic carbocycles. The van der Waals surface area contributed by atoms with Gasteiger partial charge in [0.25, 0.3) is 0 Å². The van der Waals surface area contributed by atoms with Gasteiger partial charge in [0.2, 0.25) is 0 Å². The van der Waals surface area contributed by atoms with E-state index in [1.807, 2.05) is 12.1 Å². The fourth-order valence-electron chi connectivity index (χ4n) is 1.99. The monoisotopic (exact) mass is 282 g/mol. The van der Waals surface area contributed by atoms with Crippen LogP contribution in [0, 0.1) is 0 Å². The van der Waals surface area contributed by atoms with Crippen LogP contribution in [0.25, 0.3) is 0 Å². The number of nitrogens with zero attached hydrogens (tertiary/aromatic N) is 1. The molecule has 2 nitrogen and oxygen atoms in total. The molecule has 0 radical (unpaired) electrons. The molecule has 0 saturated carbocycles. The summed E-state index contributed by atoms with van der Waals surface area (Å²) >= 11 is 5.96. The van der Waals surface area contributed by atoms with Crippen LogP contribution < -0.4 is 5.32 Å². The van der Waals surface area contributed by atoms with E-state index in [2.05, 4.69) is 50.2 Å². The largest absolute Gasteiger partial charge is 0.310 e. The Kier molecular flexibility index (Phi) is 7.44. The summed E-state index contributed by atoms with van der Waals surface area (Å²) < 4.78 is 0. The minimum atomic E-state index is 0.415. The fraction of sp³-hybridized carbons (Fsp3) is 0.625. The molecule has 0 heterocycles. The van der Waals surface area contributed by atoms with Crippen LogP contribution in [0.2, 0.25) is 5.02 Å². The zero-order chi connectivity index (χ0) is 14.3. The maximum absolute atomic E-state index is 5.96. The van der Waals surface area contributed by atoms with Gasteiger partial charge in [0.1, 0.15) is 0 Å². The normalized spacial score (nSPS) is 13.2. The second-order valence-electron chi connectivity index (χ2n) is 5.42. The lowest BCUT2D eigenvalue weighted by atomic mass is 10.0. The van der Waals surface area contributed by atoms with E-state index in [1.54, 1.807) is 0 Å². The molecule has 0 fully saturated rings. The maximum atomic E-state index is 5.96. The van der Waals surface area contributed by atoms with Gasteiger partial charge in [-0.1, -0.05) is 30.7 Å². The third kappa shape index (κ3) is 5.94. The summed E-state index contributed by atoms with van der Waals surface area (Å²) in [4.78, 5) is 2.39. The number of hydrogen-bond acceptors (Lipinski definition) is 2. The van der Waals surface area contributed by atoms with Crippen molar-refractivity contribution in [3.8, 4) is 0 Å². The van der Waals surface area contributed by atoms with Crippen LogP contribution in [-0.2, 0) is 0 Å². The van der Waals surface area contributed by atoms with Gasteiger partial charge in [-0.05, 0) is 64.5 Å². The quantitative estimate of drug-likeness (QED) is 0.772. The molecule has 0 aliphatic carbocycles. The maximum Gasteiger partial charge on any atom is 0.0406 e. The predicted molar refractivity (Wildman–Crippen MR) is 84.9 cm³/mol. The van der Waals surface area contributed by atoms with Crippen molar-refractivity contribution < 1.29 is 0 Å². The molecular weight excluding hydrogens is 256 g/mol. The average molecular weight is 283 g/mol. The van der Waals surface area contributed by atoms with Gasteiger partial charge in [-0.15, -0.1) is 0 Å². The van der Waals surface area contributed by atoms with Gasteiger partial charge in [0.15, 0.2) is 0 Å². The highest BCUT2D eigenvalue weighted by Crippen LogP contribution is 2.20. The van der Waals surface area contributed by atoms with Crippen molar-refractivity contribution in [1.29, 1.82) is 0 Å². The first-order valence-electron chi connectivity index (χ1n) is 7.23. The van der Waals surface area contributed by atoms with Crippen LogP contribution in [0.4, 0.5) is 0 Å². The molecule has 1 aromatic rings. The van der Waals surface area contributed by atoms with Crippen molar-refractivity contribution in [2.24, 2.45) is 0 Å². The molecule has 0 saturated heterocycles. The number of halogens is 1. The number of hydrogen-bond donors (Lipinski definition) is 1. The highest BCUT2D eigenvalue weighted by molar-refractivity contribution is 6.30. The topological polar surface area (TPSA) is 15.3 Å². The third-order valence-corrected chi connectivity index (χ3v) is 3.82. The smallest absolute Gasteiger partial charge is 0.0406 e. The molecule has 1 rings (SSSR count).